The van der Waals surface area contributed by atoms with Crippen molar-refractivity contribution in [2.45, 2.75) is 20.0 Å². The summed E-state index contributed by atoms with van der Waals surface area (Å²) in [6, 6.07) is 13.2. The predicted octanol–water partition coefficient (Wildman–Crippen LogP) is 3.31. The molecule has 114 valence electrons. The van der Waals surface area contributed by atoms with E-state index >= 15 is 0 Å². The highest BCUT2D eigenvalue weighted by Gasteiger charge is 2.16. The standard InChI is InChI=1S/C16H16N2O4/c1-11-6-3-4-9-15(11)22-12(2)16(19)17-13-7-5-8-14(10-13)18(20)21/h3-10,12H,1-2H3,(H,17,19)/t12-/m1/s1. The van der Waals surface area contributed by atoms with Gasteiger partial charge in [0.1, 0.15) is 5.75 Å². The Morgan fingerprint density at radius 2 is 1.95 bits per heavy atom. The second-order valence-electron chi connectivity index (χ2n) is 4.82. The Balaban J connectivity index is 2.04. The van der Waals surface area contributed by atoms with Gasteiger partial charge >= 0.3 is 0 Å². The Morgan fingerprint density at radius 3 is 2.64 bits per heavy atom. The number of nitro groups is 1. The van der Waals surface area contributed by atoms with Gasteiger partial charge in [-0.15, -0.1) is 0 Å². The summed E-state index contributed by atoms with van der Waals surface area (Å²) in [5.74, 6) is 0.257. The van der Waals surface area contributed by atoms with Crippen LogP contribution in [-0.2, 0) is 4.79 Å². The van der Waals surface area contributed by atoms with Crippen LogP contribution in [0.3, 0.4) is 0 Å². The minimum Gasteiger partial charge on any atom is -0.481 e. The number of para-hydroxylation sites is 1. The highest BCUT2D eigenvalue weighted by molar-refractivity contribution is 5.94. The van der Waals surface area contributed by atoms with Crippen molar-refractivity contribution >= 4 is 17.3 Å². The van der Waals surface area contributed by atoms with Crippen LogP contribution in [0.1, 0.15) is 12.5 Å². The molecule has 0 bridgehead atoms. The summed E-state index contributed by atoms with van der Waals surface area (Å²) < 4.78 is 5.61. The van der Waals surface area contributed by atoms with Crippen LogP contribution in [0, 0.1) is 17.0 Å². The van der Waals surface area contributed by atoms with E-state index in [1.54, 1.807) is 19.1 Å². The lowest BCUT2D eigenvalue weighted by Crippen LogP contribution is -2.30. The summed E-state index contributed by atoms with van der Waals surface area (Å²) in [7, 11) is 0. The van der Waals surface area contributed by atoms with Gasteiger partial charge in [-0.05, 0) is 31.5 Å². The van der Waals surface area contributed by atoms with Crippen LogP contribution < -0.4 is 10.1 Å². The molecule has 6 heteroatoms. The molecule has 22 heavy (non-hydrogen) atoms. The monoisotopic (exact) mass is 300 g/mol. The van der Waals surface area contributed by atoms with Gasteiger partial charge < -0.3 is 10.1 Å². The number of anilines is 1. The lowest BCUT2D eigenvalue weighted by atomic mass is 10.2. The first-order valence-corrected chi connectivity index (χ1v) is 6.75. The molecule has 0 saturated carbocycles. The fourth-order valence-electron chi connectivity index (χ4n) is 1.87. The number of hydrogen-bond donors (Lipinski definition) is 1. The minimum absolute atomic E-state index is 0.0784. The molecule has 0 aromatic heterocycles. The Morgan fingerprint density at radius 1 is 1.23 bits per heavy atom. The van der Waals surface area contributed by atoms with Crippen LogP contribution in [0.2, 0.25) is 0 Å². The third kappa shape index (κ3) is 3.82. The maximum absolute atomic E-state index is 12.1. The molecule has 0 aliphatic rings. The van der Waals surface area contributed by atoms with Gasteiger partial charge in [-0.25, -0.2) is 0 Å². The predicted molar refractivity (Wildman–Crippen MR) is 83.0 cm³/mol. The van der Waals surface area contributed by atoms with E-state index in [1.807, 2.05) is 25.1 Å². The van der Waals surface area contributed by atoms with Gasteiger partial charge in [-0.1, -0.05) is 24.3 Å². The number of carbonyl (C=O) groups is 1. The Labute approximate surface area is 127 Å². The molecule has 0 saturated heterocycles. The zero-order chi connectivity index (χ0) is 16.1. The maximum Gasteiger partial charge on any atom is 0.271 e. The van der Waals surface area contributed by atoms with Crippen molar-refractivity contribution in [3.63, 3.8) is 0 Å². The van der Waals surface area contributed by atoms with Gasteiger partial charge in [0, 0.05) is 17.8 Å². The van der Waals surface area contributed by atoms with Crippen molar-refractivity contribution < 1.29 is 14.5 Å². The van der Waals surface area contributed by atoms with E-state index in [2.05, 4.69) is 5.32 Å². The topological polar surface area (TPSA) is 81.5 Å². The molecule has 0 radical (unpaired) electrons. The van der Waals surface area contributed by atoms with E-state index in [1.165, 1.54) is 18.2 Å². The fourth-order valence-corrected chi connectivity index (χ4v) is 1.87. The van der Waals surface area contributed by atoms with Crippen molar-refractivity contribution in [1.29, 1.82) is 0 Å². The lowest BCUT2D eigenvalue weighted by molar-refractivity contribution is -0.384. The summed E-state index contributed by atoms with van der Waals surface area (Å²) >= 11 is 0. The van der Waals surface area contributed by atoms with Crippen LogP contribution in [-0.4, -0.2) is 16.9 Å². The molecule has 0 aliphatic heterocycles. The second kappa shape index (κ2) is 6.71. The van der Waals surface area contributed by atoms with Gasteiger partial charge in [0.2, 0.25) is 0 Å². The lowest BCUT2D eigenvalue weighted by Gasteiger charge is -2.16. The second-order valence-corrected chi connectivity index (χ2v) is 4.82. The van der Waals surface area contributed by atoms with E-state index in [9.17, 15) is 14.9 Å². The van der Waals surface area contributed by atoms with Crippen LogP contribution in [0.15, 0.2) is 48.5 Å². The van der Waals surface area contributed by atoms with E-state index in [0.29, 0.717) is 11.4 Å². The van der Waals surface area contributed by atoms with Gasteiger partial charge in [0.05, 0.1) is 4.92 Å². The number of nitrogens with zero attached hydrogens (tertiary/aromatic N) is 1. The van der Waals surface area contributed by atoms with Gasteiger partial charge in [0.25, 0.3) is 11.6 Å². The third-order valence-electron chi connectivity index (χ3n) is 3.09. The third-order valence-corrected chi connectivity index (χ3v) is 3.09. The normalized spacial score (nSPS) is 11.5. The molecule has 1 amide bonds. The van der Waals surface area contributed by atoms with Crippen molar-refractivity contribution in [1.82, 2.24) is 0 Å². The molecule has 1 atom stereocenters. The molecule has 1 N–H and O–H groups in total. The van der Waals surface area contributed by atoms with Crippen molar-refractivity contribution in [3.05, 3.63) is 64.2 Å². The van der Waals surface area contributed by atoms with Crippen molar-refractivity contribution in [2.24, 2.45) is 0 Å². The molecule has 0 spiro atoms. The Kier molecular flexibility index (Phi) is 4.73. The quantitative estimate of drug-likeness (QED) is 0.678. The first-order chi connectivity index (χ1) is 10.5. The summed E-state index contributed by atoms with van der Waals surface area (Å²) in [6.07, 6.45) is -0.722. The number of carbonyl (C=O) groups excluding carboxylic acids is 1. The number of nitro benzene ring substituents is 1. The molecule has 2 aromatic carbocycles. The molecule has 2 aromatic rings. The van der Waals surface area contributed by atoms with Crippen molar-refractivity contribution in [3.8, 4) is 5.75 Å². The van der Waals surface area contributed by atoms with E-state index in [0.717, 1.165) is 5.56 Å². The SMILES string of the molecule is Cc1ccccc1O[C@H](C)C(=O)Nc1cccc([N+](=O)[O-])c1. The molecule has 2 rings (SSSR count). The highest BCUT2D eigenvalue weighted by Crippen LogP contribution is 2.20. The fraction of sp³-hybridized carbons (Fsp3) is 0.188. The Hall–Kier alpha value is -2.89. The maximum atomic E-state index is 12.1. The van der Waals surface area contributed by atoms with Crippen LogP contribution >= 0.6 is 0 Å². The summed E-state index contributed by atoms with van der Waals surface area (Å²) in [4.78, 5) is 22.3. The van der Waals surface area contributed by atoms with Crippen LogP contribution in [0.25, 0.3) is 0 Å². The Bertz CT molecular complexity index is 700. The van der Waals surface area contributed by atoms with E-state index < -0.39 is 11.0 Å². The number of amides is 1. The summed E-state index contributed by atoms with van der Waals surface area (Å²) in [6.45, 7) is 3.51. The first kappa shape index (κ1) is 15.5. The molecule has 0 fully saturated rings. The zero-order valence-corrected chi connectivity index (χ0v) is 12.3. The van der Waals surface area contributed by atoms with Crippen LogP contribution in [0.4, 0.5) is 11.4 Å². The molecule has 0 unspecified atom stereocenters. The molecular formula is C16H16N2O4. The number of rotatable bonds is 5. The number of nitrogens with one attached hydrogen (secondary N) is 1. The number of hydrogen-bond acceptors (Lipinski definition) is 4. The van der Waals surface area contributed by atoms with Gasteiger partial charge in [0.15, 0.2) is 6.10 Å². The largest absolute Gasteiger partial charge is 0.481 e. The van der Waals surface area contributed by atoms with Gasteiger partial charge in [-0.2, -0.15) is 0 Å². The van der Waals surface area contributed by atoms with E-state index in [-0.39, 0.29) is 11.6 Å². The van der Waals surface area contributed by atoms with E-state index in [4.69, 9.17) is 4.74 Å². The summed E-state index contributed by atoms with van der Waals surface area (Å²) in [5.41, 5.74) is 1.21. The molecule has 6 nitrogen and oxygen atoms in total. The molecule has 0 heterocycles. The van der Waals surface area contributed by atoms with Crippen molar-refractivity contribution in [2.75, 3.05) is 5.32 Å². The highest BCUT2D eigenvalue weighted by atomic mass is 16.6. The van der Waals surface area contributed by atoms with Gasteiger partial charge in [-0.3, -0.25) is 14.9 Å². The zero-order valence-electron chi connectivity index (χ0n) is 12.3. The molecular weight excluding hydrogens is 284 g/mol. The number of ether oxygens (including phenoxy) is 1. The number of non-ortho nitro benzene ring substituents is 1. The molecule has 0 aliphatic carbocycles. The summed E-state index contributed by atoms with van der Waals surface area (Å²) in [5, 5.41) is 13.3. The first-order valence-electron chi connectivity index (χ1n) is 6.75. The smallest absolute Gasteiger partial charge is 0.271 e. The number of aryl methyl sites for hydroxylation is 1. The average molecular weight is 300 g/mol. The average Bonchev–Trinajstić information content (AvgIpc) is 2.49. The number of benzene rings is 2. The van der Waals surface area contributed by atoms with Crippen LogP contribution in [0.5, 0.6) is 5.75 Å². The minimum atomic E-state index is -0.722.